The first-order valence-corrected chi connectivity index (χ1v) is 14.3. The monoisotopic (exact) mass is 612 g/mol. The van der Waals surface area contributed by atoms with Crippen LogP contribution in [0.15, 0.2) is 30.5 Å². The minimum Gasteiger partial charge on any atom is -0.489 e. The average molecular weight is 613 g/mol. The van der Waals surface area contributed by atoms with Crippen LogP contribution in [-0.2, 0) is 4.79 Å². The third-order valence-electron chi connectivity index (χ3n) is 7.72. The lowest BCUT2D eigenvalue weighted by Gasteiger charge is -2.40. The van der Waals surface area contributed by atoms with Crippen LogP contribution in [0, 0.1) is 0 Å². The van der Waals surface area contributed by atoms with Gasteiger partial charge in [-0.1, -0.05) is 23.2 Å². The van der Waals surface area contributed by atoms with Gasteiger partial charge in [0.2, 0.25) is 0 Å². The molecule has 3 unspecified atom stereocenters. The van der Waals surface area contributed by atoms with E-state index in [0.717, 1.165) is 18.7 Å². The Morgan fingerprint density at radius 1 is 1.12 bits per heavy atom. The molecule has 222 valence electrons. The number of nitrogens with one attached hydrogen (secondary N) is 2. The number of carbonyl (C=O) groups excluding carboxylic acids is 2. The number of anilines is 1. The van der Waals surface area contributed by atoms with E-state index < -0.39 is 23.5 Å². The number of amides is 2. The van der Waals surface area contributed by atoms with Crippen molar-refractivity contribution < 1.29 is 33.0 Å². The van der Waals surface area contributed by atoms with E-state index in [1.807, 2.05) is 0 Å². The molecule has 3 atom stereocenters. The average Bonchev–Trinajstić information content (AvgIpc) is 3.42. The summed E-state index contributed by atoms with van der Waals surface area (Å²) in [6.45, 7) is 3.16. The number of pyridine rings is 1. The molecule has 9 nitrogen and oxygen atoms in total. The molecule has 2 bridgehead atoms. The number of fused-ring (bicyclic) bond motifs is 2. The lowest BCUT2D eigenvalue weighted by atomic mass is 9.96. The largest absolute Gasteiger partial charge is 0.489 e. The summed E-state index contributed by atoms with van der Waals surface area (Å²) in [4.78, 5) is 32.3. The highest BCUT2D eigenvalue weighted by atomic mass is 35.5. The SMILES string of the molecule is CC(C)(Oc1cc(OCCO)c(Cl)cc1Cl)C(=O)NC1CC2CCC(C1)N2c1ccc(C(=O)NC2CC2(F)F)cn1. The van der Waals surface area contributed by atoms with Crippen LogP contribution in [0.1, 0.15) is 56.3 Å². The highest BCUT2D eigenvalue weighted by Gasteiger charge is 2.58. The van der Waals surface area contributed by atoms with E-state index in [9.17, 15) is 18.4 Å². The van der Waals surface area contributed by atoms with Crippen LogP contribution in [0.2, 0.25) is 10.0 Å². The summed E-state index contributed by atoms with van der Waals surface area (Å²) in [5.74, 6) is -2.45. The number of rotatable bonds is 10. The summed E-state index contributed by atoms with van der Waals surface area (Å²) in [7, 11) is 0. The molecule has 41 heavy (non-hydrogen) atoms. The molecule has 0 spiro atoms. The zero-order chi connectivity index (χ0) is 29.5. The Morgan fingerprint density at radius 2 is 1.78 bits per heavy atom. The molecule has 2 saturated heterocycles. The first kappa shape index (κ1) is 29.6. The maximum Gasteiger partial charge on any atom is 0.270 e. The van der Waals surface area contributed by atoms with Crippen LogP contribution in [0.25, 0.3) is 0 Å². The van der Waals surface area contributed by atoms with Crippen LogP contribution in [0.5, 0.6) is 11.5 Å². The molecule has 1 aromatic carbocycles. The number of ether oxygens (including phenoxy) is 2. The minimum absolute atomic E-state index is 0.0443. The van der Waals surface area contributed by atoms with Crippen molar-refractivity contribution in [1.29, 1.82) is 0 Å². The molecular weight excluding hydrogens is 581 g/mol. The van der Waals surface area contributed by atoms with Crippen molar-refractivity contribution in [2.45, 2.75) is 81.6 Å². The number of hydrogen-bond donors (Lipinski definition) is 3. The molecular formula is C28H32Cl2F2N4O5. The van der Waals surface area contributed by atoms with Gasteiger partial charge in [-0.15, -0.1) is 0 Å². The number of nitrogens with zero attached hydrogens (tertiary/aromatic N) is 2. The Bertz CT molecular complexity index is 1300. The smallest absolute Gasteiger partial charge is 0.270 e. The second-order valence-corrected chi connectivity index (χ2v) is 12.0. The molecule has 3 N–H and O–H groups in total. The van der Waals surface area contributed by atoms with Crippen molar-refractivity contribution in [3.05, 3.63) is 46.1 Å². The molecule has 1 saturated carbocycles. The summed E-state index contributed by atoms with van der Waals surface area (Å²) < 4.78 is 37.7. The van der Waals surface area contributed by atoms with E-state index in [0.29, 0.717) is 12.8 Å². The fraction of sp³-hybridized carbons (Fsp3) is 0.536. The lowest BCUT2D eigenvalue weighted by molar-refractivity contribution is -0.135. The summed E-state index contributed by atoms with van der Waals surface area (Å²) in [5.41, 5.74) is -1.02. The van der Waals surface area contributed by atoms with Crippen LogP contribution in [-0.4, -0.2) is 70.8 Å². The van der Waals surface area contributed by atoms with Gasteiger partial charge in [0.05, 0.1) is 28.3 Å². The molecule has 0 radical (unpaired) electrons. The zero-order valence-electron chi connectivity index (χ0n) is 22.6. The second kappa shape index (κ2) is 11.4. The summed E-state index contributed by atoms with van der Waals surface area (Å²) in [6.07, 6.45) is 4.38. The van der Waals surface area contributed by atoms with E-state index in [1.54, 1.807) is 26.0 Å². The van der Waals surface area contributed by atoms with Gasteiger partial charge in [-0.25, -0.2) is 13.8 Å². The van der Waals surface area contributed by atoms with Gasteiger partial charge in [0, 0.05) is 36.8 Å². The Balaban J connectivity index is 1.18. The number of benzene rings is 1. The Labute approximate surface area is 246 Å². The Kier molecular flexibility index (Phi) is 8.24. The summed E-state index contributed by atoms with van der Waals surface area (Å²) >= 11 is 12.5. The Hall–Kier alpha value is -2.89. The molecule has 13 heteroatoms. The topological polar surface area (TPSA) is 113 Å². The maximum atomic E-state index is 13.3. The molecule has 3 heterocycles. The number of aliphatic hydroxyl groups is 1. The second-order valence-electron chi connectivity index (χ2n) is 11.2. The molecule has 2 aliphatic heterocycles. The van der Waals surface area contributed by atoms with Gasteiger partial charge >= 0.3 is 0 Å². The van der Waals surface area contributed by atoms with Gasteiger partial charge in [-0.2, -0.15) is 0 Å². The number of carbonyl (C=O) groups is 2. The lowest BCUT2D eigenvalue weighted by Crippen LogP contribution is -2.55. The standard InChI is InChI=1S/C28H32Cl2F2N4O5/c1-27(2,41-22-12-21(40-8-7-37)19(29)11-20(22)30)26(39)34-16-9-17-4-5-18(10-16)36(17)24-6-3-15(14-33-24)25(38)35-23-13-28(23,31)32/h3,6,11-12,14,16-18,23,37H,4-5,7-10,13H2,1-2H3,(H,34,39)(H,35,38). The van der Waals surface area contributed by atoms with Gasteiger partial charge in [-0.05, 0) is 57.7 Å². The van der Waals surface area contributed by atoms with Crippen molar-refractivity contribution in [3.63, 3.8) is 0 Å². The van der Waals surface area contributed by atoms with Crippen molar-refractivity contribution in [1.82, 2.24) is 15.6 Å². The fourth-order valence-corrected chi connectivity index (χ4v) is 5.97. The van der Waals surface area contributed by atoms with E-state index in [4.69, 9.17) is 37.8 Å². The zero-order valence-corrected chi connectivity index (χ0v) is 24.1. The third kappa shape index (κ3) is 6.47. The summed E-state index contributed by atoms with van der Waals surface area (Å²) in [6, 6.07) is 5.43. The normalized spacial score (nSPS) is 24.5. The predicted octanol–water partition coefficient (Wildman–Crippen LogP) is 4.37. The molecule has 1 aliphatic carbocycles. The summed E-state index contributed by atoms with van der Waals surface area (Å²) in [5, 5.41) is 15.0. The first-order valence-electron chi connectivity index (χ1n) is 13.5. The van der Waals surface area contributed by atoms with E-state index in [1.165, 1.54) is 18.3 Å². The van der Waals surface area contributed by atoms with Crippen LogP contribution in [0.3, 0.4) is 0 Å². The molecule has 2 aromatic rings. The number of aromatic nitrogens is 1. The number of halogens is 4. The molecule has 3 fully saturated rings. The van der Waals surface area contributed by atoms with Crippen molar-refractivity contribution in [2.24, 2.45) is 0 Å². The van der Waals surface area contributed by atoms with E-state index in [-0.39, 0.29) is 70.8 Å². The van der Waals surface area contributed by atoms with Crippen molar-refractivity contribution in [3.8, 4) is 11.5 Å². The number of alkyl halides is 2. The molecule has 1 aromatic heterocycles. The van der Waals surface area contributed by atoms with Crippen LogP contribution >= 0.6 is 23.2 Å². The van der Waals surface area contributed by atoms with Crippen molar-refractivity contribution in [2.75, 3.05) is 18.1 Å². The highest BCUT2D eigenvalue weighted by Crippen LogP contribution is 2.42. The minimum atomic E-state index is -2.83. The third-order valence-corrected chi connectivity index (χ3v) is 8.31. The van der Waals surface area contributed by atoms with Gasteiger partial charge < -0.3 is 30.1 Å². The van der Waals surface area contributed by atoms with E-state index >= 15 is 0 Å². The fourth-order valence-electron chi connectivity index (χ4n) is 5.49. The molecule has 2 amide bonds. The molecule has 5 rings (SSSR count). The van der Waals surface area contributed by atoms with Gasteiger partial charge in [-0.3, -0.25) is 9.59 Å². The first-order chi connectivity index (χ1) is 19.4. The van der Waals surface area contributed by atoms with Gasteiger partial charge in [0.15, 0.2) is 5.60 Å². The van der Waals surface area contributed by atoms with Crippen molar-refractivity contribution >= 4 is 40.8 Å². The maximum absolute atomic E-state index is 13.3. The highest BCUT2D eigenvalue weighted by molar-refractivity contribution is 6.36. The predicted molar refractivity (Wildman–Crippen MR) is 149 cm³/mol. The quantitative estimate of drug-likeness (QED) is 0.365. The van der Waals surface area contributed by atoms with Gasteiger partial charge in [0.25, 0.3) is 17.7 Å². The van der Waals surface area contributed by atoms with Crippen LogP contribution < -0.4 is 25.0 Å². The Morgan fingerprint density at radius 3 is 2.37 bits per heavy atom. The number of hydrogen-bond acceptors (Lipinski definition) is 7. The number of aliphatic hydroxyl groups excluding tert-OH is 1. The molecule has 3 aliphatic rings. The number of piperidine rings is 1. The van der Waals surface area contributed by atoms with Crippen LogP contribution in [0.4, 0.5) is 14.6 Å². The van der Waals surface area contributed by atoms with E-state index in [2.05, 4.69) is 20.5 Å². The van der Waals surface area contributed by atoms with Gasteiger partial charge in [0.1, 0.15) is 23.9 Å².